The number of hydrogen-bond donors (Lipinski definition) is 0. The van der Waals surface area contributed by atoms with E-state index in [1.165, 1.54) is 12.1 Å². The van der Waals surface area contributed by atoms with Crippen LogP contribution in [0.25, 0.3) is 22.3 Å². The maximum atomic E-state index is 12.2. The first kappa shape index (κ1) is 22.8. The third kappa shape index (κ3) is 5.30. The van der Waals surface area contributed by atoms with Gasteiger partial charge in [0.1, 0.15) is 11.5 Å². The van der Waals surface area contributed by atoms with Crippen LogP contribution in [0.15, 0.2) is 97.1 Å². The Balaban J connectivity index is 0.00000150. The molecule has 3 nitrogen and oxygen atoms in total. The van der Waals surface area contributed by atoms with E-state index in [4.69, 9.17) is 4.74 Å². The first-order valence-electron chi connectivity index (χ1n) is 8.61. The van der Waals surface area contributed by atoms with Gasteiger partial charge in [0, 0.05) is 0 Å². The normalized spacial score (nSPS) is 9.79. The zero-order valence-corrected chi connectivity index (χ0v) is 16.5. The van der Waals surface area contributed by atoms with Crippen molar-refractivity contribution in [2.24, 2.45) is 0 Å². The van der Waals surface area contributed by atoms with Gasteiger partial charge in [-0.3, -0.25) is 0 Å². The van der Waals surface area contributed by atoms with E-state index >= 15 is 0 Å². The van der Waals surface area contributed by atoms with Gasteiger partial charge >= 0.3 is 37.7 Å². The van der Waals surface area contributed by atoms with Crippen LogP contribution in [0.4, 0.5) is 0 Å². The molecule has 0 aliphatic heterocycles. The van der Waals surface area contributed by atoms with Crippen LogP contribution in [0.5, 0.6) is 23.0 Å². The number of ether oxygens (including phenoxy) is 1. The Bertz CT molecular complexity index is 981. The fourth-order valence-electron chi connectivity index (χ4n) is 2.91. The van der Waals surface area contributed by atoms with Crippen LogP contribution in [-0.4, -0.2) is 0 Å². The van der Waals surface area contributed by atoms with Gasteiger partial charge in [-0.2, -0.15) is 0 Å². The van der Waals surface area contributed by atoms with Crippen molar-refractivity contribution >= 4 is 0 Å². The molecule has 132 valence electrons. The fourth-order valence-corrected chi connectivity index (χ4v) is 2.91. The minimum Gasteiger partial charge on any atom is -0.870 e. The molecule has 29 heavy (non-hydrogen) atoms. The van der Waals surface area contributed by atoms with Gasteiger partial charge in [0.05, 0.1) is 0 Å². The molecule has 0 bridgehead atoms. The first-order chi connectivity index (χ1) is 13.2. The summed E-state index contributed by atoms with van der Waals surface area (Å²) in [5, 5.41) is 24.5. The van der Waals surface area contributed by atoms with E-state index in [1.54, 1.807) is 24.3 Å². The van der Waals surface area contributed by atoms with Crippen LogP contribution in [0, 0.1) is 0 Å². The maximum absolute atomic E-state index is 12.2. The molecule has 0 fully saturated rings. The van der Waals surface area contributed by atoms with Gasteiger partial charge < -0.3 is 14.9 Å². The van der Waals surface area contributed by atoms with Gasteiger partial charge in [0.15, 0.2) is 0 Å². The van der Waals surface area contributed by atoms with Crippen molar-refractivity contribution < 1.29 is 52.7 Å². The Morgan fingerprint density at radius 1 is 0.448 bits per heavy atom. The molecule has 0 aliphatic rings. The van der Waals surface area contributed by atoms with Crippen LogP contribution >= 0.6 is 0 Å². The Hall–Kier alpha value is -2.53. The molecule has 0 saturated carbocycles. The molecule has 4 aromatic rings. The molecule has 0 radical (unpaired) electrons. The van der Waals surface area contributed by atoms with E-state index in [-0.39, 0.29) is 60.7 Å². The van der Waals surface area contributed by atoms with Crippen molar-refractivity contribution in [3.63, 3.8) is 0 Å². The molecular weight excluding hydrogens is 350 g/mol. The average Bonchev–Trinajstić information content (AvgIpc) is 2.72. The Morgan fingerprint density at radius 3 is 1.21 bits per heavy atom. The van der Waals surface area contributed by atoms with Crippen molar-refractivity contribution in [2.45, 2.75) is 0 Å². The summed E-state index contributed by atoms with van der Waals surface area (Å²) < 4.78 is 5.74. The molecule has 0 unspecified atom stereocenters. The zero-order valence-electron chi connectivity index (χ0n) is 16.5. The molecule has 0 N–H and O–H groups in total. The van der Waals surface area contributed by atoms with Crippen molar-refractivity contribution in [1.82, 2.24) is 0 Å². The molecule has 0 amide bonds. The number of benzene rings is 4. The van der Waals surface area contributed by atoms with E-state index in [9.17, 15) is 10.2 Å². The standard InChI is InChI=1S/C24H18O3.2Li/c25-21-13-11-19(17-7-3-1-4-8-17)15-23(21)27-24-16-20(12-14-22(24)26)18-9-5-2-6-10-18;;/h1-16,25-26H;;/q;2*+1/p-2. The quantitative estimate of drug-likeness (QED) is 0.434. The monoisotopic (exact) mass is 366 g/mol. The van der Waals surface area contributed by atoms with E-state index in [1.807, 2.05) is 60.7 Å². The molecule has 0 aliphatic carbocycles. The molecule has 0 saturated heterocycles. The Morgan fingerprint density at radius 2 is 0.828 bits per heavy atom. The SMILES string of the molecule is [Li+].[Li+].[O-]c1ccc(-c2ccccc2)cc1Oc1cc(-c2ccccc2)ccc1[O-]. The van der Waals surface area contributed by atoms with Crippen LogP contribution in [-0.2, 0) is 0 Å². The molecule has 4 aromatic carbocycles. The summed E-state index contributed by atoms with van der Waals surface area (Å²) in [5.74, 6) is -0.254. The van der Waals surface area contributed by atoms with Crippen LogP contribution in [0.1, 0.15) is 0 Å². The minimum atomic E-state index is -0.265. The predicted octanol–water partition coefficient (Wildman–Crippen LogP) is -1.03. The molecule has 0 atom stereocenters. The Labute approximate surface area is 194 Å². The van der Waals surface area contributed by atoms with Gasteiger partial charge in [-0.05, 0) is 34.4 Å². The smallest absolute Gasteiger partial charge is 0.870 e. The van der Waals surface area contributed by atoms with Gasteiger partial charge in [-0.25, -0.2) is 0 Å². The van der Waals surface area contributed by atoms with Gasteiger partial charge in [0.2, 0.25) is 0 Å². The molecule has 4 rings (SSSR count). The van der Waals surface area contributed by atoms with Gasteiger partial charge in [0.25, 0.3) is 0 Å². The summed E-state index contributed by atoms with van der Waals surface area (Å²) in [7, 11) is 0. The van der Waals surface area contributed by atoms with Crippen LogP contribution in [0.3, 0.4) is 0 Å². The molecule has 0 spiro atoms. The van der Waals surface area contributed by atoms with Crippen LogP contribution < -0.4 is 52.7 Å². The van der Waals surface area contributed by atoms with Crippen molar-refractivity contribution in [1.29, 1.82) is 0 Å². The molecule has 0 aromatic heterocycles. The second kappa shape index (κ2) is 10.3. The number of hydrogen-bond acceptors (Lipinski definition) is 3. The average molecular weight is 366 g/mol. The second-order valence-electron chi connectivity index (χ2n) is 6.16. The second-order valence-corrected chi connectivity index (χ2v) is 6.16. The predicted molar refractivity (Wildman–Crippen MR) is 103 cm³/mol. The summed E-state index contributed by atoms with van der Waals surface area (Å²) in [5.41, 5.74) is 3.67. The van der Waals surface area contributed by atoms with Gasteiger partial charge in [-0.1, -0.05) is 96.4 Å². The van der Waals surface area contributed by atoms with Gasteiger partial charge in [-0.15, -0.1) is 0 Å². The van der Waals surface area contributed by atoms with E-state index in [2.05, 4.69) is 0 Å². The van der Waals surface area contributed by atoms with Crippen LogP contribution in [0.2, 0.25) is 0 Å². The van der Waals surface area contributed by atoms with Crippen molar-refractivity contribution in [3.8, 4) is 45.3 Å². The molecular formula is C24H16Li2O3. The maximum Gasteiger partial charge on any atom is 1.00 e. The third-order valence-electron chi connectivity index (χ3n) is 4.32. The summed E-state index contributed by atoms with van der Waals surface area (Å²) in [6, 6.07) is 29.2. The molecule has 5 heteroatoms. The third-order valence-corrected chi connectivity index (χ3v) is 4.32. The largest absolute Gasteiger partial charge is 1.00 e. The summed E-state index contributed by atoms with van der Waals surface area (Å²) in [6.45, 7) is 0. The topological polar surface area (TPSA) is 55.3 Å². The number of rotatable bonds is 4. The van der Waals surface area contributed by atoms with E-state index in [0.29, 0.717) is 0 Å². The summed E-state index contributed by atoms with van der Waals surface area (Å²) in [4.78, 5) is 0. The fraction of sp³-hybridized carbons (Fsp3) is 0. The Kier molecular flexibility index (Phi) is 8.09. The zero-order chi connectivity index (χ0) is 18.6. The first-order valence-corrected chi connectivity index (χ1v) is 8.61. The molecule has 0 heterocycles. The summed E-state index contributed by atoms with van der Waals surface area (Å²) in [6.07, 6.45) is 0. The van der Waals surface area contributed by atoms with E-state index < -0.39 is 0 Å². The van der Waals surface area contributed by atoms with Crippen molar-refractivity contribution in [3.05, 3.63) is 97.1 Å². The summed E-state index contributed by atoms with van der Waals surface area (Å²) >= 11 is 0. The van der Waals surface area contributed by atoms with E-state index in [0.717, 1.165) is 22.3 Å². The minimum absolute atomic E-state index is 0. The van der Waals surface area contributed by atoms with Crippen molar-refractivity contribution in [2.75, 3.05) is 0 Å².